The van der Waals surface area contributed by atoms with E-state index in [-0.39, 0.29) is 23.5 Å². The van der Waals surface area contributed by atoms with Gasteiger partial charge in [0.1, 0.15) is 11.8 Å². The number of sulfone groups is 1. The zero-order valence-electron chi connectivity index (χ0n) is 13.1. The van der Waals surface area contributed by atoms with Crippen LogP contribution in [0.15, 0.2) is 24.3 Å². The van der Waals surface area contributed by atoms with Crippen LogP contribution in [0.4, 0.5) is 5.69 Å². The van der Waals surface area contributed by atoms with Crippen molar-refractivity contribution in [2.75, 3.05) is 31.0 Å². The van der Waals surface area contributed by atoms with Crippen LogP contribution in [0.3, 0.4) is 0 Å². The fourth-order valence-electron chi connectivity index (χ4n) is 2.57. The minimum atomic E-state index is -2.99. The molecule has 0 bridgehead atoms. The van der Waals surface area contributed by atoms with Crippen molar-refractivity contribution in [2.45, 2.75) is 25.4 Å². The minimum absolute atomic E-state index is 0.0600. The molecule has 0 radical (unpaired) electrons. The summed E-state index contributed by atoms with van der Waals surface area (Å²) in [4.78, 5) is 14.0. The highest BCUT2D eigenvalue weighted by atomic mass is 32.2. The maximum absolute atomic E-state index is 12.4. The lowest BCUT2D eigenvalue weighted by Crippen LogP contribution is -2.45. The van der Waals surface area contributed by atoms with Gasteiger partial charge in [0.2, 0.25) is 5.91 Å². The maximum atomic E-state index is 12.4. The molecule has 7 heteroatoms. The second kappa shape index (κ2) is 6.56. The van der Waals surface area contributed by atoms with Gasteiger partial charge in [0.05, 0.1) is 18.6 Å². The average molecular weight is 326 g/mol. The van der Waals surface area contributed by atoms with Crippen LogP contribution in [-0.2, 0) is 14.6 Å². The average Bonchev–Trinajstić information content (AvgIpc) is 2.86. The largest absolute Gasteiger partial charge is 0.497 e. The molecule has 1 N–H and O–H groups in total. The van der Waals surface area contributed by atoms with Gasteiger partial charge in [-0.3, -0.25) is 4.79 Å². The van der Waals surface area contributed by atoms with E-state index in [1.807, 2.05) is 24.3 Å². The molecule has 6 nitrogen and oxygen atoms in total. The smallest absolute Gasteiger partial charge is 0.244 e. The summed E-state index contributed by atoms with van der Waals surface area (Å²) in [7, 11) is 0.269. The fraction of sp³-hybridized carbons (Fsp3) is 0.533. The topological polar surface area (TPSA) is 75.7 Å². The summed E-state index contributed by atoms with van der Waals surface area (Å²) in [6, 6.07) is 6.64. The molecular formula is C15H22N2O4S. The lowest BCUT2D eigenvalue weighted by Gasteiger charge is -2.27. The Morgan fingerprint density at radius 3 is 2.50 bits per heavy atom. The first kappa shape index (κ1) is 16.6. The molecule has 0 unspecified atom stereocenters. The molecule has 1 aliphatic rings. The number of nitrogens with one attached hydrogen (secondary N) is 1. The summed E-state index contributed by atoms with van der Waals surface area (Å²) in [5.74, 6) is 0.857. The third-order valence-corrected chi connectivity index (χ3v) is 5.70. The van der Waals surface area contributed by atoms with Gasteiger partial charge in [-0.25, -0.2) is 8.42 Å². The van der Waals surface area contributed by atoms with Gasteiger partial charge in [0.15, 0.2) is 9.84 Å². The number of ether oxygens (including phenoxy) is 1. The van der Waals surface area contributed by atoms with Crippen LogP contribution < -0.4 is 10.1 Å². The van der Waals surface area contributed by atoms with Crippen molar-refractivity contribution in [2.24, 2.45) is 0 Å². The van der Waals surface area contributed by atoms with Crippen LogP contribution in [0.5, 0.6) is 5.75 Å². The number of rotatable bonds is 5. The van der Waals surface area contributed by atoms with Crippen LogP contribution in [0.2, 0.25) is 0 Å². The summed E-state index contributed by atoms with van der Waals surface area (Å²) in [6.07, 6.45) is 0.514. The Bertz CT molecular complexity index is 627. The van der Waals surface area contributed by atoms with E-state index < -0.39 is 15.9 Å². The molecule has 1 aromatic carbocycles. The fourth-order valence-corrected chi connectivity index (χ4v) is 4.34. The Kier molecular flexibility index (Phi) is 4.95. The van der Waals surface area contributed by atoms with Gasteiger partial charge in [0, 0.05) is 18.8 Å². The first-order valence-electron chi connectivity index (χ1n) is 7.20. The molecule has 0 spiro atoms. The summed E-state index contributed by atoms with van der Waals surface area (Å²) in [5, 5.41) is 3.12. The number of likely N-dealkylation sites (N-methyl/N-ethyl adjacent to an activating group) is 1. The van der Waals surface area contributed by atoms with Gasteiger partial charge in [-0.1, -0.05) is 0 Å². The van der Waals surface area contributed by atoms with Gasteiger partial charge in [-0.05, 0) is 37.6 Å². The molecule has 22 heavy (non-hydrogen) atoms. The van der Waals surface area contributed by atoms with Gasteiger partial charge in [-0.15, -0.1) is 0 Å². The van der Waals surface area contributed by atoms with E-state index in [1.54, 1.807) is 26.0 Å². The van der Waals surface area contributed by atoms with Crippen molar-refractivity contribution in [1.82, 2.24) is 4.90 Å². The van der Waals surface area contributed by atoms with Crippen molar-refractivity contribution in [3.05, 3.63) is 24.3 Å². The lowest BCUT2D eigenvalue weighted by molar-refractivity contribution is -0.132. The van der Waals surface area contributed by atoms with E-state index in [0.29, 0.717) is 6.42 Å². The number of carbonyl (C=O) groups is 1. The standard InChI is InChI=1S/C15H22N2O4S/c1-11(16-12-4-6-14(21-3)7-5-12)15(18)17(2)13-8-9-22(19,20)10-13/h4-7,11,13,16H,8-10H2,1-3H3/t11-,13-/m0/s1. The summed E-state index contributed by atoms with van der Waals surface area (Å²) in [5.41, 5.74) is 0.814. The van der Waals surface area contributed by atoms with Gasteiger partial charge in [-0.2, -0.15) is 0 Å². The lowest BCUT2D eigenvalue weighted by atomic mass is 10.2. The highest BCUT2D eigenvalue weighted by Gasteiger charge is 2.33. The Hall–Kier alpha value is -1.76. The predicted octanol–water partition coefficient (Wildman–Crippen LogP) is 1.14. The molecule has 122 valence electrons. The van der Waals surface area contributed by atoms with Gasteiger partial charge in [0.25, 0.3) is 0 Å². The summed E-state index contributed by atoms with van der Waals surface area (Å²) in [6.45, 7) is 1.77. The van der Waals surface area contributed by atoms with Crippen LogP contribution >= 0.6 is 0 Å². The normalized spacial score (nSPS) is 21.1. The monoisotopic (exact) mass is 326 g/mol. The van der Waals surface area contributed by atoms with Crippen molar-refractivity contribution in [3.63, 3.8) is 0 Å². The van der Waals surface area contributed by atoms with Crippen LogP contribution in [0, 0.1) is 0 Å². The Labute approximate surface area is 131 Å². The van der Waals surface area contributed by atoms with E-state index in [9.17, 15) is 13.2 Å². The molecule has 1 aliphatic heterocycles. The molecule has 1 amide bonds. The summed E-state index contributed by atoms with van der Waals surface area (Å²) < 4.78 is 28.1. The molecule has 1 saturated heterocycles. The summed E-state index contributed by atoms with van der Waals surface area (Å²) >= 11 is 0. The van der Waals surface area contributed by atoms with E-state index in [0.717, 1.165) is 11.4 Å². The molecule has 0 aromatic heterocycles. The number of carbonyl (C=O) groups excluding carboxylic acids is 1. The van der Waals surface area contributed by atoms with Crippen molar-refractivity contribution in [1.29, 1.82) is 0 Å². The third kappa shape index (κ3) is 3.91. The number of hydrogen-bond donors (Lipinski definition) is 1. The van der Waals surface area contributed by atoms with E-state index in [1.165, 1.54) is 0 Å². The Balaban J connectivity index is 1.96. The first-order valence-corrected chi connectivity index (χ1v) is 9.02. The predicted molar refractivity (Wildman–Crippen MR) is 85.9 cm³/mol. The van der Waals surface area contributed by atoms with Crippen molar-refractivity contribution < 1.29 is 17.9 Å². The maximum Gasteiger partial charge on any atom is 0.244 e. The Morgan fingerprint density at radius 2 is 2.00 bits per heavy atom. The minimum Gasteiger partial charge on any atom is -0.497 e. The molecule has 2 atom stereocenters. The number of anilines is 1. The van der Waals surface area contributed by atoms with Crippen LogP contribution in [0.25, 0.3) is 0 Å². The molecule has 0 aliphatic carbocycles. The van der Waals surface area contributed by atoms with Crippen molar-refractivity contribution >= 4 is 21.4 Å². The number of nitrogens with zero attached hydrogens (tertiary/aromatic N) is 1. The van der Waals surface area contributed by atoms with Crippen LogP contribution in [0.1, 0.15) is 13.3 Å². The second-order valence-corrected chi connectivity index (χ2v) is 7.83. The third-order valence-electron chi connectivity index (χ3n) is 3.95. The number of benzene rings is 1. The molecule has 0 saturated carbocycles. The highest BCUT2D eigenvalue weighted by Crippen LogP contribution is 2.19. The first-order chi connectivity index (χ1) is 10.3. The zero-order chi connectivity index (χ0) is 16.3. The number of hydrogen-bond acceptors (Lipinski definition) is 5. The SMILES string of the molecule is COc1ccc(N[C@@H](C)C(=O)N(C)[C@H]2CCS(=O)(=O)C2)cc1. The second-order valence-electron chi connectivity index (χ2n) is 5.60. The van der Waals surface area contributed by atoms with Gasteiger partial charge < -0.3 is 15.0 Å². The quantitative estimate of drug-likeness (QED) is 0.878. The molecule has 2 rings (SSSR count). The Morgan fingerprint density at radius 1 is 1.36 bits per heavy atom. The molecular weight excluding hydrogens is 304 g/mol. The zero-order valence-corrected chi connectivity index (χ0v) is 13.9. The molecule has 1 aromatic rings. The van der Waals surface area contributed by atoms with E-state index >= 15 is 0 Å². The van der Waals surface area contributed by atoms with E-state index in [4.69, 9.17) is 4.74 Å². The number of amides is 1. The molecule has 1 fully saturated rings. The van der Waals surface area contributed by atoms with Gasteiger partial charge >= 0.3 is 0 Å². The highest BCUT2D eigenvalue weighted by molar-refractivity contribution is 7.91. The van der Waals surface area contributed by atoms with E-state index in [2.05, 4.69) is 5.32 Å². The van der Waals surface area contributed by atoms with Crippen molar-refractivity contribution in [3.8, 4) is 5.75 Å². The van der Waals surface area contributed by atoms with Crippen LogP contribution in [-0.4, -0.2) is 57.0 Å². The molecule has 1 heterocycles. The number of methoxy groups -OCH3 is 1.